The number of hydrogen-bond acceptors (Lipinski definition) is 4. The second kappa shape index (κ2) is 7.81. The summed E-state index contributed by atoms with van der Waals surface area (Å²) in [4.78, 5) is 16.2. The molecule has 6 nitrogen and oxygen atoms in total. The number of carbonyl (C=O) groups excluding carboxylic acids is 1. The molecule has 0 unspecified atom stereocenters. The Labute approximate surface area is 150 Å². The summed E-state index contributed by atoms with van der Waals surface area (Å²) in [5.74, 6) is 0. The number of aryl methyl sites for hydroxylation is 1. The van der Waals surface area contributed by atoms with E-state index in [0.717, 1.165) is 35.4 Å². The minimum absolute atomic E-state index is 0.238. The maximum absolute atomic E-state index is 12.2. The van der Waals surface area contributed by atoms with Gasteiger partial charge in [-0.25, -0.2) is 4.79 Å². The van der Waals surface area contributed by atoms with E-state index in [2.05, 4.69) is 25.9 Å². The van der Waals surface area contributed by atoms with Gasteiger partial charge in [0.25, 0.3) is 0 Å². The summed E-state index contributed by atoms with van der Waals surface area (Å²) in [7, 11) is 1.91. The maximum atomic E-state index is 12.2. The smallest absolute Gasteiger partial charge is 0.410 e. The van der Waals surface area contributed by atoms with E-state index in [1.807, 2.05) is 43.6 Å². The quantitative estimate of drug-likeness (QED) is 0.802. The Balaban J connectivity index is 1.44. The molecule has 1 aliphatic rings. The topological polar surface area (TPSA) is 50.6 Å². The van der Waals surface area contributed by atoms with Crippen LogP contribution in [0, 0.1) is 0 Å². The van der Waals surface area contributed by atoms with E-state index in [1.54, 1.807) is 9.58 Å². The monoisotopic (exact) mass is 392 g/mol. The van der Waals surface area contributed by atoms with Crippen molar-refractivity contribution in [2.45, 2.75) is 13.2 Å². The number of carbonyl (C=O) groups is 1. The Bertz CT molecular complexity index is 681. The van der Waals surface area contributed by atoms with Gasteiger partial charge in [-0.05, 0) is 21.5 Å². The van der Waals surface area contributed by atoms with Crippen LogP contribution in [0.3, 0.4) is 0 Å². The van der Waals surface area contributed by atoms with Crippen LogP contribution in [0.2, 0.25) is 0 Å². The van der Waals surface area contributed by atoms with Gasteiger partial charge in [-0.1, -0.05) is 30.3 Å². The van der Waals surface area contributed by atoms with Crippen molar-refractivity contribution in [3.05, 3.63) is 52.3 Å². The van der Waals surface area contributed by atoms with Gasteiger partial charge in [-0.2, -0.15) is 5.10 Å². The predicted molar refractivity (Wildman–Crippen MR) is 94.4 cm³/mol. The van der Waals surface area contributed by atoms with Crippen LogP contribution in [0.15, 0.2) is 41.0 Å². The second-order valence-corrected chi connectivity index (χ2v) is 6.76. The zero-order chi connectivity index (χ0) is 16.9. The highest BCUT2D eigenvalue weighted by Crippen LogP contribution is 2.17. The zero-order valence-corrected chi connectivity index (χ0v) is 15.3. The van der Waals surface area contributed by atoms with Crippen molar-refractivity contribution in [1.82, 2.24) is 19.6 Å². The first-order valence-electron chi connectivity index (χ1n) is 7.98. The fourth-order valence-corrected chi connectivity index (χ4v) is 3.22. The number of piperazine rings is 1. The van der Waals surface area contributed by atoms with Crippen molar-refractivity contribution in [3.8, 4) is 0 Å². The van der Waals surface area contributed by atoms with Crippen LogP contribution in [0.4, 0.5) is 4.79 Å². The fraction of sp³-hybridized carbons (Fsp3) is 0.412. The van der Waals surface area contributed by atoms with Gasteiger partial charge >= 0.3 is 6.09 Å². The lowest BCUT2D eigenvalue weighted by Gasteiger charge is -2.33. The van der Waals surface area contributed by atoms with E-state index in [9.17, 15) is 4.79 Å². The molecule has 1 amide bonds. The molecule has 1 aromatic heterocycles. The SMILES string of the molecule is Cn1cc(Br)c(CN2CCN(C(=O)OCc3ccccc3)CC2)n1. The molecule has 3 rings (SSSR count). The summed E-state index contributed by atoms with van der Waals surface area (Å²) < 4.78 is 8.21. The van der Waals surface area contributed by atoms with Gasteiger partial charge in [-0.15, -0.1) is 0 Å². The number of aromatic nitrogens is 2. The van der Waals surface area contributed by atoms with Gasteiger partial charge in [0.15, 0.2) is 0 Å². The van der Waals surface area contributed by atoms with Gasteiger partial charge < -0.3 is 9.64 Å². The molecule has 0 aliphatic carbocycles. The molecule has 0 atom stereocenters. The molecule has 1 aromatic carbocycles. The molecule has 2 heterocycles. The molecule has 0 N–H and O–H groups in total. The summed E-state index contributed by atoms with van der Waals surface area (Å²) >= 11 is 3.53. The van der Waals surface area contributed by atoms with Gasteiger partial charge in [-0.3, -0.25) is 9.58 Å². The van der Waals surface area contributed by atoms with Crippen molar-refractivity contribution in [2.24, 2.45) is 7.05 Å². The largest absolute Gasteiger partial charge is 0.445 e. The van der Waals surface area contributed by atoms with Crippen molar-refractivity contribution in [3.63, 3.8) is 0 Å². The number of halogens is 1. The molecule has 24 heavy (non-hydrogen) atoms. The first-order chi connectivity index (χ1) is 11.6. The van der Waals surface area contributed by atoms with E-state index in [1.165, 1.54) is 0 Å². The van der Waals surface area contributed by atoms with Crippen molar-refractivity contribution in [2.75, 3.05) is 26.2 Å². The van der Waals surface area contributed by atoms with Crippen LogP contribution < -0.4 is 0 Å². The molecule has 7 heteroatoms. The van der Waals surface area contributed by atoms with Crippen LogP contribution in [0.25, 0.3) is 0 Å². The summed E-state index contributed by atoms with van der Waals surface area (Å²) in [6, 6.07) is 9.74. The number of ether oxygens (including phenoxy) is 1. The second-order valence-electron chi connectivity index (χ2n) is 5.90. The van der Waals surface area contributed by atoms with Crippen LogP contribution in [-0.4, -0.2) is 51.9 Å². The molecular weight excluding hydrogens is 372 g/mol. The molecule has 0 saturated carbocycles. The van der Waals surface area contributed by atoms with Crippen LogP contribution in [0.5, 0.6) is 0 Å². The highest BCUT2D eigenvalue weighted by atomic mass is 79.9. The highest BCUT2D eigenvalue weighted by Gasteiger charge is 2.23. The molecule has 1 fully saturated rings. The standard InChI is InChI=1S/C17H21BrN4O2/c1-20-11-15(18)16(19-20)12-21-7-9-22(10-8-21)17(23)24-13-14-5-3-2-4-6-14/h2-6,11H,7-10,12-13H2,1H3. The van der Waals surface area contributed by atoms with E-state index in [-0.39, 0.29) is 6.09 Å². The molecule has 0 radical (unpaired) electrons. The number of nitrogens with zero attached hydrogens (tertiary/aromatic N) is 4. The van der Waals surface area contributed by atoms with Gasteiger partial charge in [0.2, 0.25) is 0 Å². The molecular formula is C17H21BrN4O2. The van der Waals surface area contributed by atoms with Gasteiger partial charge in [0.05, 0.1) is 10.2 Å². The molecule has 1 saturated heterocycles. The molecule has 128 valence electrons. The first kappa shape index (κ1) is 17.0. The highest BCUT2D eigenvalue weighted by molar-refractivity contribution is 9.10. The van der Waals surface area contributed by atoms with E-state index < -0.39 is 0 Å². The minimum Gasteiger partial charge on any atom is -0.445 e. The van der Waals surface area contributed by atoms with Crippen LogP contribution in [0.1, 0.15) is 11.3 Å². The number of rotatable bonds is 4. The third-order valence-corrected chi connectivity index (χ3v) is 4.73. The summed E-state index contributed by atoms with van der Waals surface area (Å²) in [6.07, 6.45) is 1.71. The van der Waals surface area contributed by atoms with E-state index >= 15 is 0 Å². The Hall–Kier alpha value is -1.86. The third kappa shape index (κ3) is 4.36. The summed E-state index contributed by atoms with van der Waals surface area (Å²) in [6.45, 7) is 4.11. The Morgan fingerprint density at radius 1 is 1.21 bits per heavy atom. The van der Waals surface area contributed by atoms with Crippen LogP contribution >= 0.6 is 15.9 Å². The van der Waals surface area contributed by atoms with Crippen LogP contribution in [-0.2, 0) is 24.9 Å². The molecule has 1 aliphatic heterocycles. The third-order valence-electron chi connectivity index (χ3n) is 4.06. The Morgan fingerprint density at radius 3 is 2.54 bits per heavy atom. The maximum Gasteiger partial charge on any atom is 0.410 e. The first-order valence-corrected chi connectivity index (χ1v) is 8.77. The van der Waals surface area contributed by atoms with E-state index in [4.69, 9.17) is 4.74 Å². The predicted octanol–water partition coefficient (Wildman–Crippen LogP) is 2.64. The molecule has 0 bridgehead atoms. The number of amides is 1. The Kier molecular flexibility index (Phi) is 5.52. The number of benzene rings is 1. The van der Waals surface area contributed by atoms with Gasteiger partial charge in [0, 0.05) is 46.0 Å². The van der Waals surface area contributed by atoms with Crippen molar-refractivity contribution >= 4 is 22.0 Å². The lowest BCUT2D eigenvalue weighted by molar-refractivity contribution is 0.0697. The van der Waals surface area contributed by atoms with Crippen molar-refractivity contribution in [1.29, 1.82) is 0 Å². The van der Waals surface area contributed by atoms with Crippen molar-refractivity contribution < 1.29 is 9.53 Å². The van der Waals surface area contributed by atoms with Gasteiger partial charge in [0.1, 0.15) is 6.61 Å². The minimum atomic E-state index is -0.238. The average Bonchev–Trinajstić information content (AvgIpc) is 2.91. The zero-order valence-electron chi connectivity index (χ0n) is 13.7. The average molecular weight is 393 g/mol. The number of hydrogen-bond donors (Lipinski definition) is 0. The summed E-state index contributed by atoms with van der Waals surface area (Å²) in [5, 5.41) is 4.44. The normalized spacial score (nSPS) is 15.5. The van der Waals surface area contributed by atoms with E-state index in [0.29, 0.717) is 19.7 Å². The molecule has 0 spiro atoms. The Morgan fingerprint density at radius 2 is 1.92 bits per heavy atom. The lowest BCUT2D eigenvalue weighted by atomic mass is 10.2. The summed E-state index contributed by atoms with van der Waals surface area (Å²) in [5.41, 5.74) is 2.03. The lowest BCUT2D eigenvalue weighted by Crippen LogP contribution is -2.48. The molecule has 2 aromatic rings. The fourth-order valence-electron chi connectivity index (χ4n) is 2.72.